The largest absolute Gasteiger partial charge is 0.397 e. The van der Waals surface area contributed by atoms with Gasteiger partial charge in [0, 0.05) is 18.5 Å². The lowest BCUT2D eigenvalue weighted by atomic mass is 10.1. The zero-order valence-corrected chi connectivity index (χ0v) is 13.0. The summed E-state index contributed by atoms with van der Waals surface area (Å²) in [6.07, 6.45) is 4.87. The number of nitrogens with zero attached hydrogens (tertiary/aromatic N) is 1. The first-order valence-corrected chi connectivity index (χ1v) is 8.59. The summed E-state index contributed by atoms with van der Waals surface area (Å²) in [4.78, 5) is 0.236. The van der Waals surface area contributed by atoms with E-state index in [-0.39, 0.29) is 4.90 Å². The third-order valence-corrected chi connectivity index (χ3v) is 4.43. The molecule has 4 N–H and O–H groups in total. The average molecular weight is 308 g/mol. The highest BCUT2D eigenvalue weighted by Gasteiger charge is 2.09. The van der Waals surface area contributed by atoms with Crippen LogP contribution in [0.25, 0.3) is 0 Å². The Morgan fingerprint density at radius 3 is 2.71 bits per heavy atom. The maximum absolute atomic E-state index is 11.4. The van der Waals surface area contributed by atoms with Crippen LogP contribution in [-0.2, 0) is 16.3 Å². The smallest absolute Gasteiger partial charge is 0.175 e. The maximum Gasteiger partial charge on any atom is 0.175 e. The molecule has 0 fully saturated rings. The summed E-state index contributed by atoms with van der Waals surface area (Å²) >= 11 is 0. The molecule has 2 aromatic rings. The Hall–Kier alpha value is -2.02. The topological polar surface area (TPSA) is 101 Å². The summed E-state index contributed by atoms with van der Waals surface area (Å²) in [6, 6.07) is 4.75. The van der Waals surface area contributed by atoms with Crippen LogP contribution in [0.4, 0.5) is 11.4 Å². The van der Waals surface area contributed by atoms with Crippen molar-refractivity contribution in [3.63, 3.8) is 0 Å². The second-order valence-corrected chi connectivity index (χ2v) is 7.09. The van der Waals surface area contributed by atoms with Crippen LogP contribution in [0.5, 0.6) is 0 Å². The zero-order chi connectivity index (χ0) is 15.5. The number of rotatable bonds is 6. The molecule has 1 heterocycles. The molecule has 2 rings (SSSR count). The zero-order valence-electron chi connectivity index (χ0n) is 12.2. The van der Waals surface area contributed by atoms with Crippen molar-refractivity contribution in [2.24, 2.45) is 0 Å². The van der Waals surface area contributed by atoms with E-state index in [0.29, 0.717) is 5.69 Å². The number of hydrogen-bond donors (Lipinski definition) is 3. The van der Waals surface area contributed by atoms with Crippen LogP contribution in [0.15, 0.2) is 29.3 Å². The molecule has 0 bridgehead atoms. The molecule has 0 saturated carbocycles. The fourth-order valence-corrected chi connectivity index (χ4v) is 2.72. The fraction of sp³-hybridized carbons (Fsp3) is 0.357. The monoisotopic (exact) mass is 308 g/mol. The first-order chi connectivity index (χ1) is 9.88. The minimum absolute atomic E-state index is 0.236. The van der Waals surface area contributed by atoms with Crippen molar-refractivity contribution in [2.45, 2.75) is 24.7 Å². The highest BCUT2D eigenvalue weighted by Crippen LogP contribution is 2.22. The Labute approximate surface area is 124 Å². The standard InChI is InChI=1S/C14H20N4O2S/c1-10-11(9-17-18-10)4-3-7-16-14-6-5-12(8-13(14)15)21(2,19)20/h5-6,8-9,16H,3-4,7,15H2,1-2H3,(H,17,18). The minimum Gasteiger partial charge on any atom is -0.397 e. The third-order valence-electron chi connectivity index (χ3n) is 3.32. The van der Waals surface area contributed by atoms with Gasteiger partial charge in [-0.3, -0.25) is 5.10 Å². The number of nitrogens with two attached hydrogens (primary N) is 1. The third kappa shape index (κ3) is 3.98. The van der Waals surface area contributed by atoms with Gasteiger partial charge < -0.3 is 11.1 Å². The molecule has 0 saturated heterocycles. The van der Waals surface area contributed by atoms with Gasteiger partial charge in [0.25, 0.3) is 0 Å². The first kappa shape index (κ1) is 15.4. The van der Waals surface area contributed by atoms with Crippen LogP contribution >= 0.6 is 0 Å². The first-order valence-electron chi connectivity index (χ1n) is 6.70. The van der Waals surface area contributed by atoms with Gasteiger partial charge in [-0.25, -0.2) is 8.42 Å². The fourth-order valence-electron chi connectivity index (χ4n) is 2.06. The van der Waals surface area contributed by atoms with Crippen molar-refractivity contribution in [2.75, 3.05) is 23.9 Å². The Kier molecular flexibility index (Phi) is 4.52. The van der Waals surface area contributed by atoms with E-state index in [2.05, 4.69) is 15.5 Å². The number of aromatic amines is 1. The number of H-pyrrole nitrogens is 1. The van der Waals surface area contributed by atoms with Gasteiger partial charge >= 0.3 is 0 Å². The highest BCUT2D eigenvalue weighted by atomic mass is 32.2. The number of hydrogen-bond acceptors (Lipinski definition) is 5. The molecule has 0 aliphatic carbocycles. The van der Waals surface area contributed by atoms with E-state index >= 15 is 0 Å². The van der Waals surface area contributed by atoms with Gasteiger partial charge in [-0.1, -0.05) is 0 Å². The Bertz CT molecular complexity index is 722. The Morgan fingerprint density at radius 1 is 1.38 bits per heavy atom. The van der Waals surface area contributed by atoms with Crippen molar-refractivity contribution in [1.82, 2.24) is 10.2 Å². The molecule has 0 atom stereocenters. The number of nitrogen functional groups attached to an aromatic ring is 1. The molecule has 0 spiro atoms. The number of nitrogens with one attached hydrogen (secondary N) is 2. The van der Waals surface area contributed by atoms with E-state index in [0.717, 1.165) is 30.8 Å². The lowest BCUT2D eigenvalue weighted by Gasteiger charge is -2.10. The predicted molar refractivity (Wildman–Crippen MR) is 84.1 cm³/mol. The second kappa shape index (κ2) is 6.17. The Morgan fingerprint density at radius 2 is 2.14 bits per heavy atom. The molecule has 114 valence electrons. The van der Waals surface area contributed by atoms with Crippen LogP contribution < -0.4 is 11.1 Å². The van der Waals surface area contributed by atoms with Crippen LogP contribution in [0.1, 0.15) is 17.7 Å². The highest BCUT2D eigenvalue weighted by molar-refractivity contribution is 7.90. The van der Waals surface area contributed by atoms with Gasteiger partial charge in [-0.05, 0) is 43.5 Å². The normalized spacial score (nSPS) is 11.5. The van der Waals surface area contributed by atoms with Crippen molar-refractivity contribution >= 4 is 21.2 Å². The number of anilines is 2. The number of aromatic nitrogens is 2. The summed E-state index contributed by atoms with van der Waals surface area (Å²) in [5.41, 5.74) is 9.37. The van der Waals surface area contributed by atoms with Gasteiger partial charge in [0.05, 0.1) is 22.5 Å². The van der Waals surface area contributed by atoms with Gasteiger partial charge in [0.2, 0.25) is 0 Å². The summed E-state index contributed by atoms with van der Waals surface area (Å²) in [7, 11) is -3.22. The molecule has 21 heavy (non-hydrogen) atoms. The summed E-state index contributed by atoms with van der Waals surface area (Å²) in [5, 5.41) is 10.1. The van der Waals surface area contributed by atoms with E-state index in [1.807, 2.05) is 13.1 Å². The van der Waals surface area contributed by atoms with Crippen molar-refractivity contribution in [3.8, 4) is 0 Å². The molecule has 0 radical (unpaired) electrons. The van der Waals surface area contributed by atoms with Crippen LogP contribution in [0.3, 0.4) is 0 Å². The number of benzene rings is 1. The molecular formula is C14H20N4O2S. The van der Waals surface area contributed by atoms with Crippen molar-refractivity contribution in [3.05, 3.63) is 35.7 Å². The van der Waals surface area contributed by atoms with E-state index in [1.165, 1.54) is 17.9 Å². The average Bonchev–Trinajstić information content (AvgIpc) is 2.80. The maximum atomic E-state index is 11.4. The summed E-state index contributed by atoms with van der Waals surface area (Å²) in [6.45, 7) is 2.75. The quantitative estimate of drug-likeness (QED) is 0.557. The summed E-state index contributed by atoms with van der Waals surface area (Å²) < 4.78 is 22.9. The molecule has 1 aromatic heterocycles. The van der Waals surface area contributed by atoms with Crippen LogP contribution in [0, 0.1) is 6.92 Å². The molecular weight excluding hydrogens is 288 g/mol. The molecule has 6 nitrogen and oxygen atoms in total. The molecule has 0 aliphatic heterocycles. The van der Waals surface area contributed by atoms with Gasteiger partial charge in [-0.2, -0.15) is 5.10 Å². The number of aryl methyl sites for hydroxylation is 2. The van der Waals surface area contributed by atoms with Gasteiger partial charge in [-0.15, -0.1) is 0 Å². The predicted octanol–water partition coefficient (Wildman–Crippen LogP) is 1.75. The van der Waals surface area contributed by atoms with E-state index in [1.54, 1.807) is 12.1 Å². The second-order valence-electron chi connectivity index (χ2n) is 5.07. The van der Waals surface area contributed by atoms with Crippen molar-refractivity contribution < 1.29 is 8.42 Å². The molecule has 0 unspecified atom stereocenters. The SMILES string of the molecule is Cc1[nH]ncc1CCCNc1ccc(S(C)(=O)=O)cc1N. The van der Waals surface area contributed by atoms with E-state index in [4.69, 9.17) is 5.73 Å². The van der Waals surface area contributed by atoms with Gasteiger partial charge in [0.15, 0.2) is 9.84 Å². The van der Waals surface area contributed by atoms with Crippen molar-refractivity contribution in [1.29, 1.82) is 0 Å². The molecule has 0 amide bonds. The lowest BCUT2D eigenvalue weighted by molar-refractivity contribution is 0.602. The van der Waals surface area contributed by atoms with E-state index in [9.17, 15) is 8.42 Å². The van der Waals surface area contributed by atoms with Gasteiger partial charge in [0.1, 0.15) is 0 Å². The van der Waals surface area contributed by atoms with Crippen LogP contribution in [-0.4, -0.2) is 31.4 Å². The molecule has 0 aliphatic rings. The Balaban J connectivity index is 1.91. The lowest BCUT2D eigenvalue weighted by Crippen LogP contribution is -2.07. The molecule has 7 heteroatoms. The van der Waals surface area contributed by atoms with Crippen LogP contribution in [0.2, 0.25) is 0 Å². The summed E-state index contributed by atoms with van der Waals surface area (Å²) in [5.74, 6) is 0. The molecule has 1 aromatic carbocycles. The van der Waals surface area contributed by atoms with E-state index < -0.39 is 9.84 Å². The minimum atomic E-state index is -3.22. The number of sulfone groups is 1.